The molecule has 20 heavy (non-hydrogen) atoms. The summed E-state index contributed by atoms with van der Waals surface area (Å²) < 4.78 is 5.30. The van der Waals surface area contributed by atoms with Crippen LogP contribution in [0.5, 0.6) is 0 Å². The number of amides is 2. The summed E-state index contributed by atoms with van der Waals surface area (Å²) >= 11 is 0. The molecule has 0 unspecified atom stereocenters. The molecule has 0 bridgehead atoms. The highest BCUT2D eigenvalue weighted by Gasteiger charge is 2.19. The molecule has 0 aliphatic heterocycles. The van der Waals surface area contributed by atoms with Crippen LogP contribution in [0.3, 0.4) is 0 Å². The Morgan fingerprint density at radius 3 is 2.45 bits per heavy atom. The van der Waals surface area contributed by atoms with Crippen molar-refractivity contribution in [2.75, 3.05) is 6.61 Å². The molecule has 0 aromatic heterocycles. The van der Waals surface area contributed by atoms with Gasteiger partial charge in [0, 0.05) is 0 Å². The molecule has 1 aromatic carbocycles. The first kappa shape index (κ1) is 16.2. The van der Waals surface area contributed by atoms with Crippen molar-refractivity contribution in [3.63, 3.8) is 0 Å². The second kappa shape index (κ2) is 8.32. The van der Waals surface area contributed by atoms with Crippen molar-refractivity contribution in [1.29, 1.82) is 0 Å². The molecule has 3 N–H and O–H groups in total. The average Bonchev–Trinajstić information content (AvgIpc) is 2.38. The minimum atomic E-state index is -0.636. The maximum absolute atomic E-state index is 11.7. The summed E-state index contributed by atoms with van der Waals surface area (Å²) in [4.78, 5) is 22.9. The number of nitrogens with two attached hydrogens (primary N) is 1. The molecule has 0 saturated carbocycles. The highest BCUT2D eigenvalue weighted by Crippen LogP contribution is 2.04. The van der Waals surface area contributed by atoms with Crippen molar-refractivity contribution in [2.45, 2.75) is 32.9 Å². The third kappa shape index (κ3) is 6.33. The number of carbonyl (C=O) groups is 2. The molecule has 0 fully saturated rings. The normalized spacial score (nSPS) is 12.2. The standard InChI is InChI=1S/C15H22N2O3/c1-11(2)8-13(15(16)19)17-14(18)10-20-9-12-6-4-3-5-7-12/h3-7,11,13H,8-10H2,1-2H3,(H2,16,19)(H,17,18)/t13-/m1/s1. The third-order valence-corrected chi connectivity index (χ3v) is 2.73. The summed E-state index contributed by atoms with van der Waals surface area (Å²) in [5.41, 5.74) is 6.25. The Hall–Kier alpha value is -1.88. The molecule has 110 valence electrons. The maximum atomic E-state index is 11.7. The van der Waals surface area contributed by atoms with Crippen LogP contribution in [0.2, 0.25) is 0 Å². The van der Waals surface area contributed by atoms with Gasteiger partial charge in [0.05, 0.1) is 6.61 Å². The molecular weight excluding hydrogens is 256 g/mol. The highest BCUT2D eigenvalue weighted by molar-refractivity contribution is 5.86. The van der Waals surface area contributed by atoms with Crippen molar-refractivity contribution in [2.24, 2.45) is 11.7 Å². The monoisotopic (exact) mass is 278 g/mol. The Bertz CT molecular complexity index is 432. The van der Waals surface area contributed by atoms with E-state index in [1.165, 1.54) is 0 Å². The van der Waals surface area contributed by atoms with Gasteiger partial charge in [0.15, 0.2) is 0 Å². The first-order valence-corrected chi connectivity index (χ1v) is 6.69. The first-order valence-electron chi connectivity index (χ1n) is 6.69. The molecule has 0 saturated heterocycles. The molecule has 1 aromatic rings. The predicted octanol–water partition coefficient (Wildman–Crippen LogP) is 1.22. The average molecular weight is 278 g/mol. The van der Waals surface area contributed by atoms with E-state index in [1.54, 1.807) is 0 Å². The van der Waals surface area contributed by atoms with Gasteiger partial charge < -0.3 is 15.8 Å². The van der Waals surface area contributed by atoms with Gasteiger partial charge in [-0.05, 0) is 17.9 Å². The van der Waals surface area contributed by atoms with Gasteiger partial charge in [-0.3, -0.25) is 9.59 Å². The third-order valence-electron chi connectivity index (χ3n) is 2.73. The topological polar surface area (TPSA) is 81.4 Å². The number of ether oxygens (including phenoxy) is 1. The van der Waals surface area contributed by atoms with E-state index in [0.717, 1.165) is 5.56 Å². The second-order valence-corrected chi connectivity index (χ2v) is 5.13. The molecule has 5 nitrogen and oxygen atoms in total. The van der Waals surface area contributed by atoms with E-state index < -0.39 is 11.9 Å². The van der Waals surface area contributed by atoms with Gasteiger partial charge >= 0.3 is 0 Å². The smallest absolute Gasteiger partial charge is 0.246 e. The van der Waals surface area contributed by atoms with E-state index in [4.69, 9.17) is 10.5 Å². The van der Waals surface area contributed by atoms with Gasteiger partial charge in [-0.15, -0.1) is 0 Å². The highest BCUT2D eigenvalue weighted by atomic mass is 16.5. The molecule has 0 radical (unpaired) electrons. The summed E-state index contributed by atoms with van der Waals surface area (Å²) in [6, 6.07) is 8.93. The van der Waals surface area contributed by atoms with E-state index in [-0.39, 0.29) is 18.4 Å². The fraction of sp³-hybridized carbons (Fsp3) is 0.467. The minimum Gasteiger partial charge on any atom is -0.368 e. The summed E-state index contributed by atoms with van der Waals surface area (Å²) in [5, 5.41) is 2.60. The van der Waals surface area contributed by atoms with E-state index in [2.05, 4.69) is 5.32 Å². The Labute approximate surface area is 119 Å². The largest absolute Gasteiger partial charge is 0.368 e. The molecule has 0 aliphatic carbocycles. The number of hydrogen-bond donors (Lipinski definition) is 2. The van der Waals surface area contributed by atoms with Gasteiger partial charge in [0.25, 0.3) is 0 Å². The fourth-order valence-corrected chi connectivity index (χ4v) is 1.79. The van der Waals surface area contributed by atoms with Gasteiger partial charge in [-0.2, -0.15) is 0 Å². The lowest BCUT2D eigenvalue weighted by Crippen LogP contribution is -2.46. The van der Waals surface area contributed by atoms with Gasteiger partial charge in [0.1, 0.15) is 12.6 Å². The van der Waals surface area contributed by atoms with E-state index in [1.807, 2.05) is 44.2 Å². The Morgan fingerprint density at radius 2 is 1.90 bits per heavy atom. The fourth-order valence-electron chi connectivity index (χ4n) is 1.79. The van der Waals surface area contributed by atoms with E-state index in [9.17, 15) is 9.59 Å². The van der Waals surface area contributed by atoms with Gasteiger partial charge in [0.2, 0.25) is 11.8 Å². The number of primary amides is 1. The summed E-state index contributed by atoms with van der Waals surface area (Å²) in [7, 11) is 0. The lowest BCUT2D eigenvalue weighted by molar-refractivity contribution is -0.131. The minimum absolute atomic E-state index is 0.0865. The number of carbonyl (C=O) groups excluding carboxylic acids is 2. The molecule has 0 aliphatic rings. The molecule has 1 rings (SSSR count). The van der Waals surface area contributed by atoms with Crippen LogP contribution in [0.1, 0.15) is 25.8 Å². The summed E-state index contributed by atoms with van der Waals surface area (Å²) in [6.07, 6.45) is 0.528. The van der Waals surface area contributed by atoms with Crippen molar-refractivity contribution >= 4 is 11.8 Å². The van der Waals surface area contributed by atoms with Crippen molar-refractivity contribution in [3.8, 4) is 0 Å². The Kier molecular flexibility index (Phi) is 6.73. The molecule has 1 atom stereocenters. The molecule has 5 heteroatoms. The quantitative estimate of drug-likeness (QED) is 0.750. The van der Waals surface area contributed by atoms with Gasteiger partial charge in [-0.1, -0.05) is 44.2 Å². The van der Waals surface area contributed by atoms with Crippen molar-refractivity contribution < 1.29 is 14.3 Å². The number of benzene rings is 1. The van der Waals surface area contributed by atoms with Crippen LogP contribution in [0.25, 0.3) is 0 Å². The number of rotatable bonds is 8. The van der Waals surface area contributed by atoms with Crippen molar-refractivity contribution in [3.05, 3.63) is 35.9 Å². The number of hydrogen-bond acceptors (Lipinski definition) is 3. The van der Waals surface area contributed by atoms with Crippen LogP contribution in [-0.2, 0) is 20.9 Å². The second-order valence-electron chi connectivity index (χ2n) is 5.13. The molecule has 0 spiro atoms. The van der Waals surface area contributed by atoms with E-state index >= 15 is 0 Å². The molecule has 2 amide bonds. The Morgan fingerprint density at radius 1 is 1.25 bits per heavy atom. The predicted molar refractivity (Wildman–Crippen MR) is 76.7 cm³/mol. The Balaban J connectivity index is 2.33. The SMILES string of the molecule is CC(C)C[C@@H](NC(=O)COCc1ccccc1)C(N)=O. The van der Waals surface area contributed by atoms with Crippen LogP contribution < -0.4 is 11.1 Å². The van der Waals surface area contributed by atoms with Gasteiger partial charge in [-0.25, -0.2) is 0 Å². The van der Waals surface area contributed by atoms with Crippen LogP contribution >= 0.6 is 0 Å². The van der Waals surface area contributed by atoms with Crippen LogP contribution in [0.4, 0.5) is 0 Å². The summed E-state index contributed by atoms with van der Waals surface area (Å²) in [5.74, 6) is -0.571. The zero-order valence-corrected chi connectivity index (χ0v) is 12.0. The van der Waals surface area contributed by atoms with E-state index in [0.29, 0.717) is 13.0 Å². The first-order chi connectivity index (χ1) is 9.49. The zero-order chi connectivity index (χ0) is 15.0. The molecule has 0 heterocycles. The van der Waals surface area contributed by atoms with Crippen LogP contribution in [0.15, 0.2) is 30.3 Å². The number of nitrogens with one attached hydrogen (secondary N) is 1. The lowest BCUT2D eigenvalue weighted by Gasteiger charge is -2.17. The van der Waals surface area contributed by atoms with Crippen molar-refractivity contribution in [1.82, 2.24) is 5.32 Å². The van der Waals surface area contributed by atoms with Crippen LogP contribution in [-0.4, -0.2) is 24.5 Å². The zero-order valence-electron chi connectivity index (χ0n) is 12.0. The lowest BCUT2D eigenvalue weighted by atomic mass is 10.0. The maximum Gasteiger partial charge on any atom is 0.246 e. The van der Waals surface area contributed by atoms with Crippen LogP contribution in [0, 0.1) is 5.92 Å². The molecular formula is C15H22N2O3. The summed E-state index contributed by atoms with van der Waals surface area (Å²) in [6.45, 7) is 4.21.